The quantitative estimate of drug-likeness (QED) is 0.870. The van der Waals surface area contributed by atoms with Crippen molar-refractivity contribution in [2.75, 3.05) is 13.1 Å². The second kappa shape index (κ2) is 7.63. The van der Waals surface area contributed by atoms with Gasteiger partial charge in [-0.3, -0.25) is 14.3 Å². The van der Waals surface area contributed by atoms with Gasteiger partial charge in [0.05, 0.1) is 12.2 Å². The number of amides is 2. The molecule has 0 radical (unpaired) electrons. The Morgan fingerprint density at radius 1 is 1.42 bits per heavy atom. The summed E-state index contributed by atoms with van der Waals surface area (Å²) >= 11 is 0. The van der Waals surface area contributed by atoms with Crippen molar-refractivity contribution in [3.63, 3.8) is 0 Å². The highest BCUT2D eigenvalue weighted by atomic mass is 16.2. The Hall–Kier alpha value is -2.77. The van der Waals surface area contributed by atoms with Crippen molar-refractivity contribution < 1.29 is 9.59 Å². The van der Waals surface area contributed by atoms with Crippen LogP contribution >= 0.6 is 0 Å². The van der Waals surface area contributed by atoms with E-state index in [-0.39, 0.29) is 29.6 Å². The summed E-state index contributed by atoms with van der Waals surface area (Å²) in [5, 5.41) is 7.18. The first-order valence-electron chi connectivity index (χ1n) is 8.85. The van der Waals surface area contributed by atoms with Crippen LogP contribution in [0.1, 0.15) is 47.7 Å². The van der Waals surface area contributed by atoms with Gasteiger partial charge in [0.25, 0.3) is 5.91 Å². The second-order valence-corrected chi connectivity index (χ2v) is 6.60. The molecule has 3 heterocycles. The Balaban J connectivity index is 1.76. The van der Waals surface area contributed by atoms with Gasteiger partial charge in [-0.1, -0.05) is 0 Å². The maximum absolute atomic E-state index is 12.4. The van der Waals surface area contributed by atoms with E-state index in [9.17, 15) is 9.59 Å². The lowest BCUT2D eigenvalue weighted by Crippen LogP contribution is -2.46. The number of rotatable bonds is 5. The maximum Gasteiger partial charge on any atom is 0.289 e. The van der Waals surface area contributed by atoms with Gasteiger partial charge in [-0.25, -0.2) is 9.97 Å². The largest absolute Gasteiger partial charge is 0.349 e. The highest BCUT2D eigenvalue weighted by molar-refractivity contribution is 5.90. The maximum atomic E-state index is 12.4. The first kappa shape index (κ1) is 18.0. The third-order valence-corrected chi connectivity index (χ3v) is 4.76. The fourth-order valence-electron chi connectivity index (χ4n) is 3.51. The molecule has 2 aromatic heterocycles. The van der Waals surface area contributed by atoms with E-state index >= 15 is 0 Å². The Morgan fingerprint density at radius 2 is 2.23 bits per heavy atom. The number of nitrogens with zero attached hydrogens (tertiary/aromatic N) is 5. The van der Waals surface area contributed by atoms with Crippen molar-refractivity contribution in [2.24, 2.45) is 13.0 Å². The molecule has 1 saturated heterocycles. The standard InChI is InChI=1S/C18H24N6O2/c1-4-24-15(25)6-5-13(16(24)14-10-21-23(3)11-14)9-20-18(26)17-19-8-7-12(2)22-17/h7-8,10-11,13,16H,4-6,9H2,1-3H3,(H,20,26)/t13-,16+/m1/s1. The monoisotopic (exact) mass is 356 g/mol. The molecule has 2 amide bonds. The predicted molar refractivity (Wildman–Crippen MR) is 95.2 cm³/mol. The fourth-order valence-corrected chi connectivity index (χ4v) is 3.51. The van der Waals surface area contributed by atoms with Crippen LogP contribution in [0.25, 0.3) is 0 Å². The Kier molecular flexibility index (Phi) is 5.29. The molecule has 0 saturated carbocycles. The van der Waals surface area contributed by atoms with Gasteiger partial charge in [-0.2, -0.15) is 5.10 Å². The summed E-state index contributed by atoms with van der Waals surface area (Å²) in [5.74, 6) is 0.136. The van der Waals surface area contributed by atoms with Crippen LogP contribution in [0, 0.1) is 12.8 Å². The number of likely N-dealkylation sites (tertiary alicyclic amines) is 1. The molecule has 0 aliphatic carbocycles. The van der Waals surface area contributed by atoms with E-state index in [2.05, 4.69) is 20.4 Å². The molecule has 8 nitrogen and oxygen atoms in total. The van der Waals surface area contributed by atoms with Crippen LogP contribution < -0.4 is 5.32 Å². The Labute approximate surface area is 152 Å². The van der Waals surface area contributed by atoms with Crippen LogP contribution in [0.4, 0.5) is 0 Å². The predicted octanol–water partition coefficient (Wildman–Crippen LogP) is 1.25. The molecule has 0 bridgehead atoms. The number of carbonyl (C=O) groups is 2. The Morgan fingerprint density at radius 3 is 2.88 bits per heavy atom. The fraction of sp³-hybridized carbons (Fsp3) is 0.500. The summed E-state index contributed by atoms with van der Waals surface area (Å²) in [7, 11) is 1.86. The number of aromatic nitrogens is 4. The minimum atomic E-state index is -0.293. The van der Waals surface area contributed by atoms with Crippen molar-refractivity contribution >= 4 is 11.8 Å². The molecule has 0 unspecified atom stereocenters. The van der Waals surface area contributed by atoms with Crippen LogP contribution in [-0.2, 0) is 11.8 Å². The number of piperidine rings is 1. The molecule has 1 aliphatic rings. The normalized spacial score (nSPS) is 20.3. The van der Waals surface area contributed by atoms with Crippen molar-refractivity contribution in [3.05, 3.63) is 41.7 Å². The van der Waals surface area contributed by atoms with Gasteiger partial charge >= 0.3 is 0 Å². The molecule has 26 heavy (non-hydrogen) atoms. The first-order valence-corrected chi connectivity index (χ1v) is 8.85. The van der Waals surface area contributed by atoms with Gasteiger partial charge in [-0.15, -0.1) is 0 Å². The Bertz CT molecular complexity index is 802. The third-order valence-electron chi connectivity index (χ3n) is 4.76. The first-order chi connectivity index (χ1) is 12.5. The summed E-state index contributed by atoms with van der Waals surface area (Å²) in [6.45, 7) is 4.88. The van der Waals surface area contributed by atoms with Gasteiger partial charge in [-0.05, 0) is 26.3 Å². The number of aryl methyl sites for hydroxylation is 2. The van der Waals surface area contributed by atoms with Crippen molar-refractivity contribution in [1.29, 1.82) is 0 Å². The highest BCUT2D eigenvalue weighted by Crippen LogP contribution is 2.36. The van der Waals surface area contributed by atoms with E-state index in [0.717, 1.165) is 17.7 Å². The lowest BCUT2D eigenvalue weighted by molar-refractivity contribution is -0.138. The number of nitrogens with one attached hydrogen (secondary N) is 1. The molecule has 3 rings (SSSR count). The van der Waals surface area contributed by atoms with Gasteiger partial charge in [0, 0.05) is 56.1 Å². The summed E-state index contributed by atoms with van der Waals surface area (Å²) in [6.07, 6.45) is 6.53. The lowest BCUT2D eigenvalue weighted by atomic mass is 9.85. The molecule has 0 aromatic carbocycles. The van der Waals surface area contributed by atoms with Gasteiger partial charge in [0.2, 0.25) is 11.7 Å². The van der Waals surface area contributed by atoms with Crippen molar-refractivity contribution in [3.8, 4) is 0 Å². The molecule has 2 aromatic rings. The van der Waals surface area contributed by atoms with Crippen LogP contribution in [-0.4, -0.2) is 49.6 Å². The minimum absolute atomic E-state index is 0.0892. The zero-order chi connectivity index (χ0) is 18.7. The van der Waals surface area contributed by atoms with Crippen LogP contribution in [0.3, 0.4) is 0 Å². The van der Waals surface area contributed by atoms with Gasteiger partial charge < -0.3 is 10.2 Å². The second-order valence-electron chi connectivity index (χ2n) is 6.60. The van der Waals surface area contributed by atoms with Crippen molar-refractivity contribution in [2.45, 2.75) is 32.7 Å². The highest BCUT2D eigenvalue weighted by Gasteiger charge is 2.36. The summed E-state index contributed by atoms with van der Waals surface area (Å²) in [5.41, 5.74) is 1.74. The zero-order valence-corrected chi connectivity index (χ0v) is 15.3. The van der Waals surface area contributed by atoms with E-state index in [1.807, 2.05) is 32.0 Å². The van der Waals surface area contributed by atoms with Crippen molar-refractivity contribution in [1.82, 2.24) is 30.0 Å². The van der Waals surface area contributed by atoms with Crippen LogP contribution in [0.5, 0.6) is 0 Å². The van der Waals surface area contributed by atoms with E-state index in [1.165, 1.54) is 0 Å². The molecule has 1 fully saturated rings. The average Bonchev–Trinajstić information content (AvgIpc) is 3.06. The third kappa shape index (κ3) is 3.74. The number of carbonyl (C=O) groups excluding carboxylic acids is 2. The number of hydrogen-bond acceptors (Lipinski definition) is 5. The van der Waals surface area contributed by atoms with Gasteiger partial charge in [0.15, 0.2) is 0 Å². The van der Waals surface area contributed by atoms with E-state index < -0.39 is 0 Å². The zero-order valence-electron chi connectivity index (χ0n) is 15.3. The molecule has 1 aliphatic heterocycles. The van der Waals surface area contributed by atoms with Crippen LogP contribution in [0.15, 0.2) is 24.7 Å². The van der Waals surface area contributed by atoms with E-state index in [1.54, 1.807) is 23.1 Å². The molecule has 0 spiro atoms. The molecular formula is C18H24N6O2. The lowest BCUT2D eigenvalue weighted by Gasteiger charge is -2.40. The summed E-state index contributed by atoms with van der Waals surface area (Å²) in [4.78, 5) is 34.8. The summed E-state index contributed by atoms with van der Waals surface area (Å²) in [6, 6.07) is 1.66. The van der Waals surface area contributed by atoms with E-state index in [4.69, 9.17) is 0 Å². The molecular weight excluding hydrogens is 332 g/mol. The molecule has 2 atom stereocenters. The topological polar surface area (TPSA) is 93.0 Å². The molecule has 1 N–H and O–H groups in total. The SMILES string of the molecule is CCN1C(=O)CC[C@H](CNC(=O)c2nccc(C)n2)[C@H]1c1cnn(C)c1. The van der Waals surface area contributed by atoms with E-state index in [0.29, 0.717) is 19.5 Å². The number of hydrogen-bond donors (Lipinski definition) is 1. The molecule has 138 valence electrons. The summed E-state index contributed by atoms with van der Waals surface area (Å²) < 4.78 is 1.73. The van der Waals surface area contributed by atoms with Gasteiger partial charge in [0.1, 0.15) is 0 Å². The van der Waals surface area contributed by atoms with Crippen LogP contribution in [0.2, 0.25) is 0 Å². The molecule has 8 heteroatoms. The minimum Gasteiger partial charge on any atom is -0.349 e. The smallest absolute Gasteiger partial charge is 0.289 e. The average molecular weight is 356 g/mol.